The first-order valence-corrected chi connectivity index (χ1v) is 4.36. The molecular formula is C10H15NO4. The Bertz CT molecular complexity index is 273. The number of aliphatic hydroxyl groups is 1. The van der Waals surface area contributed by atoms with Crippen LogP contribution in [0.25, 0.3) is 0 Å². The van der Waals surface area contributed by atoms with Gasteiger partial charge in [-0.15, -0.1) is 0 Å². The third kappa shape index (κ3) is 5.77. The first-order valence-electron chi connectivity index (χ1n) is 4.36. The van der Waals surface area contributed by atoms with Crippen LogP contribution in [-0.2, 0) is 14.3 Å². The first-order chi connectivity index (χ1) is 6.99. The Balaban J connectivity index is 3.63. The van der Waals surface area contributed by atoms with Crippen molar-refractivity contribution in [3.05, 3.63) is 24.8 Å². The molecule has 0 amide bonds. The van der Waals surface area contributed by atoms with Crippen LogP contribution in [0.1, 0.15) is 6.92 Å². The van der Waals surface area contributed by atoms with Crippen LogP contribution in [-0.4, -0.2) is 36.2 Å². The van der Waals surface area contributed by atoms with Gasteiger partial charge < -0.3 is 9.84 Å². The Morgan fingerprint density at radius 2 is 2.20 bits per heavy atom. The third-order valence-corrected chi connectivity index (χ3v) is 1.52. The maximum Gasteiger partial charge on any atom is 0.334 e. The van der Waals surface area contributed by atoms with E-state index in [0.717, 1.165) is 6.08 Å². The van der Waals surface area contributed by atoms with Gasteiger partial charge in [0.1, 0.15) is 12.8 Å². The number of hydrogen-bond donors (Lipinski definition) is 2. The maximum atomic E-state index is 10.9. The number of carbonyl (C=O) groups excluding carboxylic acids is 2. The zero-order valence-corrected chi connectivity index (χ0v) is 8.66. The molecule has 1 unspecified atom stereocenters. The normalized spacial score (nSPS) is 11.6. The first kappa shape index (κ1) is 13.5. The van der Waals surface area contributed by atoms with Crippen LogP contribution in [0.5, 0.6) is 0 Å². The summed E-state index contributed by atoms with van der Waals surface area (Å²) < 4.78 is 4.67. The monoisotopic (exact) mass is 213 g/mol. The van der Waals surface area contributed by atoms with E-state index in [1.54, 1.807) is 0 Å². The highest BCUT2D eigenvalue weighted by Crippen LogP contribution is 1.90. The molecule has 15 heavy (non-hydrogen) atoms. The van der Waals surface area contributed by atoms with E-state index < -0.39 is 17.9 Å². The van der Waals surface area contributed by atoms with Crippen molar-refractivity contribution in [2.45, 2.75) is 13.0 Å². The zero-order valence-electron chi connectivity index (χ0n) is 8.66. The van der Waals surface area contributed by atoms with E-state index in [0.29, 0.717) is 5.57 Å². The summed E-state index contributed by atoms with van der Waals surface area (Å²) in [4.78, 5) is 21.7. The van der Waals surface area contributed by atoms with Crippen LogP contribution < -0.4 is 5.32 Å². The summed E-state index contributed by atoms with van der Waals surface area (Å²) in [5.74, 6) is -0.999. The topological polar surface area (TPSA) is 75.6 Å². The van der Waals surface area contributed by atoms with E-state index in [-0.39, 0.29) is 13.3 Å². The average molecular weight is 213 g/mol. The van der Waals surface area contributed by atoms with E-state index in [2.05, 4.69) is 23.2 Å². The van der Waals surface area contributed by atoms with Gasteiger partial charge in [-0.25, -0.2) is 4.79 Å². The molecule has 0 bridgehead atoms. The van der Waals surface area contributed by atoms with Crippen LogP contribution in [0.3, 0.4) is 0 Å². The number of ketones is 1. The maximum absolute atomic E-state index is 10.9. The molecule has 0 rings (SSSR count). The average Bonchev–Trinajstić information content (AvgIpc) is 2.22. The molecule has 5 nitrogen and oxygen atoms in total. The summed E-state index contributed by atoms with van der Waals surface area (Å²) in [6.07, 6.45) is -0.127. The molecule has 0 spiro atoms. The lowest BCUT2D eigenvalue weighted by Crippen LogP contribution is -2.34. The van der Waals surface area contributed by atoms with Crippen LogP contribution in [0.4, 0.5) is 0 Å². The molecule has 2 N–H and O–H groups in total. The van der Waals surface area contributed by atoms with Crippen LogP contribution in [0.15, 0.2) is 24.8 Å². The molecule has 84 valence electrons. The Morgan fingerprint density at radius 1 is 1.60 bits per heavy atom. The van der Waals surface area contributed by atoms with Crippen molar-refractivity contribution in [3.8, 4) is 0 Å². The van der Waals surface area contributed by atoms with E-state index in [1.807, 2.05) is 0 Å². The fourth-order valence-electron chi connectivity index (χ4n) is 0.672. The second-order valence-corrected chi connectivity index (χ2v) is 2.93. The number of ether oxygens (including phenoxy) is 1. The van der Waals surface area contributed by atoms with Gasteiger partial charge in [0.15, 0.2) is 5.78 Å². The van der Waals surface area contributed by atoms with Gasteiger partial charge in [-0.1, -0.05) is 13.2 Å². The number of hydrogen-bond acceptors (Lipinski definition) is 5. The van der Waals surface area contributed by atoms with Crippen LogP contribution in [0.2, 0.25) is 0 Å². The van der Waals surface area contributed by atoms with E-state index in [4.69, 9.17) is 5.11 Å². The molecule has 0 fully saturated rings. The molecule has 0 aromatic heterocycles. The van der Waals surface area contributed by atoms with Gasteiger partial charge in [-0.2, -0.15) is 0 Å². The summed E-state index contributed by atoms with van der Waals surface area (Å²) in [5, 5.41) is 11.7. The largest absolute Gasteiger partial charge is 0.446 e. The minimum atomic E-state index is -1.16. The van der Waals surface area contributed by atoms with Crippen LogP contribution >= 0.6 is 0 Å². The fourth-order valence-corrected chi connectivity index (χ4v) is 0.672. The quantitative estimate of drug-likeness (QED) is 0.264. The predicted molar refractivity (Wildman–Crippen MR) is 55.0 cm³/mol. The van der Waals surface area contributed by atoms with Crippen molar-refractivity contribution < 1.29 is 19.4 Å². The van der Waals surface area contributed by atoms with Gasteiger partial charge in [0.25, 0.3) is 0 Å². The molecule has 0 saturated heterocycles. The van der Waals surface area contributed by atoms with Gasteiger partial charge >= 0.3 is 5.97 Å². The molecular weight excluding hydrogens is 198 g/mol. The van der Waals surface area contributed by atoms with Crippen molar-refractivity contribution in [1.29, 1.82) is 0 Å². The molecule has 0 heterocycles. The van der Waals surface area contributed by atoms with E-state index in [9.17, 15) is 9.59 Å². The Morgan fingerprint density at radius 3 is 2.67 bits per heavy atom. The SMILES string of the molecule is C=CC(=O)C(O)CNCOC(=O)C(=C)C. The standard InChI is InChI=1S/C10H15NO4/c1-4-8(12)9(13)5-11-6-15-10(14)7(2)3/h4,9,11,13H,1-2,5-6H2,3H3. The second-order valence-electron chi connectivity index (χ2n) is 2.93. The smallest absolute Gasteiger partial charge is 0.334 e. The number of esters is 1. The molecule has 0 aromatic carbocycles. The van der Waals surface area contributed by atoms with Crippen molar-refractivity contribution in [2.24, 2.45) is 0 Å². The molecule has 5 heteroatoms. The van der Waals surface area contributed by atoms with Gasteiger partial charge in [-0.05, 0) is 13.0 Å². The van der Waals surface area contributed by atoms with Gasteiger partial charge in [0.05, 0.1) is 0 Å². The molecule has 0 aliphatic rings. The lowest BCUT2D eigenvalue weighted by atomic mass is 10.2. The number of nitrogens with one attached hydrogen (secondary N) is 1. The summed E-state index contributed by atoms with van der Waals surface area (Å²) in [7, 11) is 0. The lowest BCUT2D eigenvalue weighted by Gasteiger charge is -2.09. The van der Waals surface area contributed by atoms with Crippen molar-refractivity contribution >= 4 is 11.8 Å². The number of carbonyl (C=O) groups is 2. The summed E-state index contributed by atoms with van der Waals surface area (Å²) in [6, 6.07) is 0. The Labute approximate surface area is 88.4 Å². The van der Waals surface area contributed by atoms with E-state index in [1.165, 1.54) is 6.92 Å². The molecule has 0 saturated carbocycles. The van der Waals surface area contributed by atoms with Crippen molar-refractivity contribution in [3.63, 3.8) is 0 Å². The number of aliphatic hydroxyl groups excluding tert-OH is 1. The Hall–Kier alpha value is -1.46. The lowest BCUT2D eigenvalue weighted by molar-refractivity contribution is -0.139. The summed E-state index contributed by atoms with van der Waals surface area (Å²) in [6.45, 7) is 8.08. The highest BCUT2D eigenvalue weighted by molar-refractivity contribution is 5.92. The van der Waals surface area contributed by atoms with Gasteiger partial charge in [-0.3, -0.25) is 10.1 Å². The molecule has 0 aliphatic heterocycles. The fraction of sp³-hybridized carbons (Fsp3) is 0.400. The molecule has 1 atom stereocenters. The van der Waals surface area contributed by atoms with Gasteiger partial charge in [0, 0.05) is 12.1 Å². The second kappa shape index (κ2) is 6.92. The third-order valence-electron chi connectivity index (χ3n) is 1.52. The van der Waals surface area contributed by atoms with E-state index >= 15 is 0 Å². The minimum Gasteiger partial charge on any atom is -0.446 e. The number of rotatable bonds is 7. The predicted octanol–water partition coefficient (Wildman–Crippen LogP) is -0.231. The van der Waals surface area contributed by atoms with Gasteiger partial charge in [0.2, 0.25) is 0 Å². The van der Waals surface area contributed by atoms with Crippen LogP contribution in [0, 0.1) is 0 Å². The van der Waals surface area contributed by atoms with Crippen molar-refractivity contribution in [2.75, 3.05) is 13.3 Å². The highest BCUT2D eigenvalue weighted by atomic mass is 16.5. The molecule has 0 aromatic rings. The highest BCUT2D eigenvalue weighted by Gasteiger charge is 2.10. The molecule has 0 radical (unpaired) electrons. The minimum absolute atomic E-state index is 0.00826. The summed E-state index contributed by atoms with van der Waals surface area (Å²) in [5.41, 5.74) is 0.291. The van der Waals surface area contributed by atoms with Crippen molar-refractivity contribution in [1.82, 2.24) is 5.32 Å². The Kier molecular flexibility index (Phi) is 6.24. The molecule has 0 aliphatic carbocycles. The zero-order chi connectivity index (χ0) is 11.8. The summed E-state index contributed by atoms with van der Waals surface area (Å²) >= 11 is 0.